The van der Waals surface area contributed by atoms with Crippen LogP contribution in [0.5, 0.6) is 0 Å². The van der Waals surface area contributed by atoms with Crippen LogP contribution in [-0.2, 0) is 26.3 Å². The van der Waals surface area contributed by atoms with Crippen molar-refractivity contribution in [2.75, 3.05) is 5.32 Å². The van der Waals surface area contributed by atoms with Gasteiger partial charge in [0.1, 0.15) is 5.54 Å². The first-order chi connectivity index (χ1) is 16.1. The maximum Gasteiger partial charge on any atom is 0.250 e. The van der Waals surface area contributed by atoms with E-state index in [9.17, 15) is 14.4 Å². The van der Waals surface area contributed by atoms with Crippen molar-refractivity contribution < 1.29 is 14.4 Å². The van der Waals surface area contributed by atoms with E-state index in [2.05, 4.69) is 10.6 Å². The minimum Gasteiger partial charge on any atom is -0.324 e. The lowest BCUT2D eigenvalue weighted by Crippen LogP contribution is -2.54. The van der Waals surface area contributed by atoms with Crippen molar-refractivity contribution in [1.29, 1.82) is 0 Å². The number of nitrogens with zero attached hydrogens (tertiary/aromatic N) is 1. The van der Waals surface area contributed by atoms with E-state index in [0.29, 0.717) is 6.42 Å². The maximum absolute atomic E-state index is 14.0. The van der Waals surface area contributed by atoms with E-state index in [1.165, 1.54) is 0 Å². The summed E-state index contributed by atoms with van der Waals surface area (Å²) < 4.78 is 0. The first kappa shape index (κ1) is 20.6. The van der Waals surface area contributed by atoms with Gasteiger partial charge in [0, 0.05) is 23.3 Å². The molecule has 6 rings (SSSR count). The van der Waals surface area contributed by atoms with Crippen LogP contribution in [0.1, 0.15) is 49.7 Å². The van der Waals surface area contributed by atoms with E-state index < -0.39 is 17.4 Å². The summed E-state index contributed by atoms with van der Waals surface area (Å²) in [6.45, 7) is 0. The molecule has 1 aliphatic carbocycles. The average molecular weight is 444 g/mol. The second-order valence-corrected chi connectivity index (χ2v) is 9.94. The highest BCUT2D eigenvalue weighted by atomic mass is 16.2. The molecule has 0 bridgehead atoms. The standard InChI is InChI=1S/C27H29N3O3/c31-24-22-21(16-17-10-4-3-5-11-17)29-27(19-14-8-9-15-20(19)28-26(27)33)23(22)25(32)30(24)18-12-6-1-2-7-13-18/h3-5,8-11,14-15,18,21-23,29H,1-2,6-7,12-13,16H2,(H,28,33)/t21-,22-,23+,27+/m1/s1. The molecule has 33 heavy (non-hydrogen) atoms. The van der Waals surface area contributed by atoms with Crippen molar-refractivity contribution in [1.82, 2.24) is 10.2 Å². The zero-order valence-electron chi connectivity index (χ0n) is 18.6. The molecule has 3 amide bonds. The van der Waals surface area contributed by atoms with Gasteiger partial charge >= 0.3 is 0 Å². The van der Waals surface area contributed by atoms with Gasteiger partial charge in [-0.25, -0.2) is 0 Å². The van der Waals surface area contributed by atoms with Gasteiger partial charge in [0.05, 0.1) is 11.8 Å². The van der Waals surface area contributed by atoms with Gasteiger partial charge in [-0.1, -0.05) is 74.2 Å². The van der Waals surface area contributed by atoms with E-state index in [1.807, 2.05) is 54.6 Å². The maximum atomic E-state index is 14.0. The third-order valence-corrected chi connectivity index (χ3v) is 8.14. The van der Waals surface area contributed by atoms with Crippen LogP contribution >= 0.6 is 0 Å². The number of hydrogen-bond donors (Lipinski definition) is 2. The predicted molar refractivity (Wildman–Crippen MR) is 124 cm³/mol. The van der Waals surface area contributed by atoms with E-state index in [4.69, 9.17) is 0 Å². The van der Waals surface area contributed by atoms with Gasteiger partial charge < -0.3 is 5.32 Å². The molecule has 170 valence electrons. The van der Waals surface area contributed by atoms with Gasteiger partial charge in [-0.15, -0.1) is 0 Å². The SMILES string of the molecule is O=C1[C@H]2[C@@H](C(=O)N1C1CCCCCC1)[C@]1(N[C@@H]2Cc2ccccc2)C(=O)Nc2ccccc21. The van der Waals surface area contributed by atoms with Gasteiger partial charge in [-0.2, -0.15) is 0 Å². The number of carbonyl (C=O) groups is 3. The zero-order valence-corrected chi connectivity index (χ0v) is 18.6. The van der Waals surface area contributed by atoms with Crippen LogP contribution in [-0.4, -0.2) is 34.7 Å². The van der Waals surface area contributed by atoms with Crippen molar-refractivity contribution in [3.8, 4) is 0 Å². The number of rotatable bonds is 3. The van der Waals surface area contributed by atoms with Gasteiger partial charge in [0.25, 0.3) is 0 Å². The average Bonchev–Trinajstić information content (AvgIpc) is 3.28. The fraction of sp³-hybridized carbons (Fsp3) is 0.444. The number of nitrogens with one attached hydrogen (secondary N) is 2. The molecular formula is C27H29N3O3. The largest absolute Gasteiger partial charge is 0.324 e. The molecule has 2 N–H and O–H groups in total. The Morgan fingerprint density at radius 2 is 1.55 bits per heavy atom. The Kier molecular flexibility index (Phi) is 4.87. The van der Waals surface area contributed by atoms with Gasteiger partial charge in [0.15, 0.2) is 0 Å². The van der Waals surface area contributed by atoms with E-state index in [0.717, 1.165) is 55.3 Å². The summed E-state index contributed by atoms with van der Waals surface area (Å²) >= 11 is 0. The highest BCUT2D eigenvalue weighted by molar-refractivity contribution is 6.15. The first-order valence-corrected chi connectivity index (χ1v) is 12.2. The lowest BCUT2D eigenvalue weighted by atomic mass is 9.76. The fourth-order valence-electron chi connectivity index (χ4n) is 6.70. The summed E-state index contributed by atoms with van der Waals surface area (Å²) in [5.74, 6) is -1.76. The van der Waals surface area contributed by atoms with E-state index in [1.54, 1.807) is 4.90 Å². The van der Waals surface area contributed by atoms with Crippen LogP contribution in [0.3, 0.4) is 0 Å². The van der Waals surface area contributed by atoms with Crippen LogP contribution in [0.25, 0.3) is 0 Å². The number of carbonyl (C=O) groups excluding carboxylic acids is 3. The van der Waals surface area contributed by atoms with Crippen molar-refractivity contribution in [2.45, 2.75) is 62.6 Å². The quantitative estimate of drug-likeness (QED) is 0.563. The molecule has 4 aliphatic rings. The Morgan fingerprint density at radius 1 is 0.848 bits per heavy atom. The Bertz CT molecular complexity index is 1110. The molecule has 6 nitrogen and oxygen atoms in total. The molecule has 2 saturated heterocycles. The number of para-hydroxylation sites is 1. The number of anilines is 1. The highest BCUT2D eigenvalue weighted by Gasteiger charge is 2.70. The number of benzene rings is 2. The fourth-order valence-corrected chi connectivity index (χ4v) is 6.70. The monoisotopic (exact) mass is 443 g/mol. The molecule has 2 aromatic rings. The zero-order chi connectivity index (χ0) is 22.6. The second kappa shape index (κ2) is 7.80. The predicted octanol–water partition coefficient (Wildman–Crippen LogP) is 3.37. The number of amides is 3. The molecule has 0 radical (unpaired) electrons. The number of hydrogen-bond acceptors (Lipinski definition) is 4. The number of fused-ring (bicyclic) bond motifs is 4. The summed E-state index contributed by atoms with van der Waals surface area (Å²) in [4.78, 5) is 43.0. The van der Waals surface area contributed by atoms with Crippen LogP contribution in [0.15, 0.2) is 54.6 Å². The molecule has 0 aromatic heterocycles. The van der Waals surface area contributed by atoms with Crippen molar-refractivity contribution in [3.63, 3.8) is 0 Å². The molecule has 3 heterocycles. The molecule has 3 fully saturated rings. The Morgan fingerprint density at radius 3 is 2.30 bits per heavy atom. The molecule has 1 spiro atoms. The minimum atomic E-state index is -1.20. The third-order valence-electron chi connectivity index (χ3n) is 8.14. The van der Waals surface area contributed by atoms with Gasteiger partial charge in [-0.05, 0) is 30.9 Å². The first-order valence-electron chi connectivity index (χ1n) is 12.2. The Hall–Kier alpha value is -2.99. The Balaban J connectivity index is 1.45. The van der Waals surface area contributed by atoms with Crippen molar-refractivity contribution in [3.05, 3.63) is 65.7 Å². The molecule has 1 saturated carbocycles. The minimum absolute atomic E-state index is 0.0489. The number of imide groups is 1. The van der Waals surface area contributed by atoms with Crippen molar-refractivity contribution >= 4 is 23.4 Å². The van der Waals surface area contributed by atoms with E-state index >= 15 is 0 Å². The molecule has 4 atom stereocenters. The Labute approximate surface area is 193 Å². The third kappa shape index (κ3) is 3.00. The molecule has 0 unspecified atom stereocenters. The van der Waals surface area contributed by atoms with Gasteiger partial charge in [0.2, 0.25) is 17.7 Å². The molecule has 6 heteroatoms. The summed E-state index contributed by atoms with van der Waals surface area (Å²) in [6.07, 6.45) is 6.70. The smallest absolute Gasteiger partial charge is 0.250 e. The lowest BCUT2D eigenvalue weighted by Gasteiger charge is -2.32. The van der Waals surface area contributed by atoms with Gasteiger partial charge in [-0.3, -0.25) is 24.6 Å². The molecular weight excluding hydrogens is 414 g/mol. The number of likely N-dealkylation sites (tertiary alicyclic amines) is 1. The molecule has 2 aromatic carbocycles. The summed E-state index contributed by atoms with van der Waals surface area (Å²) in [7, 11) is 0. The topological polar surface area (TPSA) is 78.5 Å². The molecule has 3 aliphatic heterocycles. The van der Waals surface area contributed by atoms with Crippen LogP contribution < -0.4 is 10.6 Å². The van der Waals surface area contributed by atoms with E-state index in [-0.39, 0.29) is 29.8 Å². The second-order valence-electron chi connectivity index (χ2n) is 9.94. The van der Waals surface area contributed by atoms with Crippen LogP contribution in [0, 0.1) is 11.8 Å². The summed E-state index contributed by atoms with van der Waals surface area (Å²) in [5.41, 5.74) is 1.39. The van der Waals surface area contributed by atoms with Crippen molar-refractivity contribution in [2.24, 2.45) is 11.8 Å². The summed E-state index contributed by atoms with van der Waals surface area (Å²) in [5, 5.41) is 6.52. The van der Waals surface area contributed by atoms with Crippen LogP contribution in [0.2, 0.25) is 0 Å². The summed E-state index contributed by atoms with van der Waals surface area (Å²) in [6, 6.07) is 17.2. The lowest BCUT2D eigenvalue weighted by molar-refractivity contribution is -0.145. The highest BCUT2D eigenvalue weighted by Crippen LogP contribution is 2.53. The van der Waals surface area contributed by atoms with Crippen LogP contribution in [0.4, 0.5) is 5.69 Å². The normalized spacial score (nSPS) is 31.6.